The number of nitrogens with two attached hydrogens (primary N) is 1. The maximum Gasteiger partial charge on any atom is 0.317 e. The Bertz CT molecular complexity index is 428. The summed E-state index contributed by atoms with van der Waals surface area (Å²) in [4.78, 5) is 13.9. The molecule has 6 nitrogen and oxygen atoms in total. The molecule has 0 aromatic carbocycles. The molecule has 1 aromatic heterocycles. The number of nitrogens with one attached hydrogen (secondary N) is 1. The van der Waals surface area contributed by atoms with Crippen LogP contribution < -0.4 is 11.1 Å². The van der Waals surface area contributed by atoms with Gasteiger partial charge in [-0.3, -0.25) is 4.68 Å². The van der Waals surface area contributed by atoms with Crippen molar-refractivity contribution in [2.24, 2.45) is 13.0 Å². The molecule has 6 heteroatoms. The van der Waals surface area contributed by atoms with Crippen molar-refractivity contribution in [2.45, 2.75) is 26.3 Å². The number of aryl methyl sites for hydroxylation is 1. The number of amides is 2. The van der Waals surface area contributed by atoms with Crippen LogP contribution >= 0.6 is 0 Å². The van der Waals surface area contributed by atoms with E-state index in [1.807, 2.05) is 4.90 Å². The highest BCUT2D eigenvalue weighted by Gasteiger charge is 2.20. The average Bonchev–Trinajstić information content (AvgIpc) is 2.67. The second-order valence-electron chi connectivity index (χ2n) is 5.03. The number of anilines is 1. The van der Waals surface area contributed by atoms with Gasteiger partial charge in [-0.2, -0.15) is 5.10 Å². The molecule has 1 unspecified atom stereocenters. The summed E-state index contributed by atoms with van der Waals surface area (Å²) in [5, 5.41) is 6.94. The van der Waals surface area contributed by atoms with Gasteiger partial charge in [-0.25, -0.2) is 4.79 Å². The predicted molar refractivity (Wildman–Crippen MR) is 69.8 cm³/mol. The lowest BCUT2D eigenvalue weighted by atomic mass is 10.0. The number of hydrogen-bond acceptors (Lipinski definition) is 3. The van der Waals surface area contributed by atoms with Crippen LogP contribution in [0.25, 0.3) is 0 Å². The smallest absolute Gasteiger partial charge is 0.317 e. The van der Waals surface area contributed by atoms with Gasteiger partial charge in [-0.15, -0.1) is 0 Å². The number of urea groups is 1. The Kier molecular flexibility index (Phi) is 3.74. The largest absolute Gasteiger partial charge is 0.384 e. The summed E-state index contributed by atoms with van der Waals surface area (Å²) in [6, 6.07) is -0.00944. The van der Waals surface area contributed by atoms with E-state index in [1.54, 1.807) is 17.9 Å². The number of likely N-dealkylation sites (tertiary alicyclic amines) is 1. The summed E-state index contributed by atoms with van der Waals surface area (Å²) >= 11 is 0. The van der Waals surface area contributed by atoms with Gasteiger partial charge in [0, 0.05) is 32.2 Å². The summed E-state index contributed by atoms with van der Waals surface area (Å²) in [5.41, 5.74) is 6.68. The third kappa shape index (κ3) is 2.75. The molecule has 1 fully saturated rings. The monoisotopic (exact) mass is 251 g/mol. The molecule has 0 radical (unpaired) electrons. The lowest BCUT2D eigenvalue weighted by Gasteiger charge is -2.30. The third-order valence-corrected chi connectivity index (χ3v) is 3.44. The van der Waals surface area contributed by atoms with Gasteiger partial charge in [0.25, 0.3) is 0 Å². The number of nitrogen functional groups attached to an aromatic ring is 1. The van der Waals surface area contributed by atoms with E-state index in [-0.39, 0.29) is 6.03 Å². The van der Waals surface area contributed by atoms with Gasteiger partial charge in [0.05, 0.1) is 6.20 Å². The molecule has 1 atom stereocenters. The van der Waals surface area contributed by atoms with Gasteiger partial charge in [0.15, 0.2) is 0 Å². The van der Waals surface area contributed by atoms with Crippen molar-refractivity contribution in [3.05, 3.63) is 11.8 Å². The van der Waals surface area contributed by atoms with Gasteiger partial charge < -0.3 is 16.0 Å². The molecule has 0 spiro atoms. The molecular weight excluding hydrogens is 230 g/mol. The highest BCUT2D eigenvalue weighted by molar-refractivity contribution is 5.74. The quantitative estimate of drug-likeness (QED) is 0.821. The van der Waals surface area contributed by atoms with Gasteiger partial charge in [0.2, 0.25) is 0 Å². The number of piperidine rings is 1. The maximum absolute atomic E-state index is 12.0. The predicted octanol–water partition coefficient (Wildman–Crippen LogP) is 0.944. The van der Waals surface area contributed by atoms with Crippen LogP contribution in [-0.2, 0) is 13.6 Å². The molecule has 2 rings (SSSR count). The van der Waals surface area contributed by atoms with Crippen LogP contribution in [0.1, 0.15) is 25.3 Å². The Morgan fingerprint density at radius 2 is 2.44 bits per heavy atom. The average molecular weight is 251 g/mol. The zero-order chi connectivity index (χ0) is 13.1. The van der Waals surface area contributed by atoms with E-state index in [0.29, 0.717) is 18.3 Å². The van der Waals surface area contributed by atoms with Crippen LogP contribution in [0.2, 0.25) is 0 Å². The first-order valence-corrected chi connectivity index (χ1v) is 6.37. The SMILES string of the molecule is CC1CCCN(C(=O)NCc2cnn(C)c2N)C1. The van der Waals surface area contributed by atoms with E-state index < -0.39 is 0 Å². The summed E-state index contributed by atoms with van der Waals surface area (Å²) in [6.07, 6.45) is 3.98. The van der Waals surface area contributed by atoms with E-state index in [1.165, 1.54) is 6.42 Å². The van der Waals surface area contributed by atoms with Gasteiger partial charge in [0.1, 0.15) is 5.82 Å². The van der Waals surface area contributed by atoms with Crippen LogP contribution in [0.4, 0.5) is 10.6 Å². The normalized spacial score (nSPS) is 19.9. The summed E-state index contributed by atoms with van der Waals surface area (Å²) < 4.78 is 1.60. The van der Waals surface area contributed by atoms with Crippen molar-refractivity contribution < 1.29 is 4.79 Å². The van der Waals surface area contributed by atoms with E-state index >= 15 is 0 Å². The van der Waals surface area contributed by atoms with Crippen LogP contribution in [0.5, 0.6) is 0 Å². The van der Waals surface area contributed by atoms with E-state index in [4.69, 9.17) is 5.73 Å². The number of aromatic nitrogens is 2. The van der Waals surface area contributed by atoms with E-state index in [2.05, 4.69) is 17.3 Å². The third-order valence-electron chi connectivity index (χ3n) is 3.44. The lowest BCUT2D eigenvalue weighted by molar-refractivity contribution is 0.169. The maximum atomic E-state index is 12.0. The fraction of sp³-hybridized carbons (Fsp3) is 0.667. The van der Waals surface area contributed by atoms with E-state index in [0.717, 1.165) is 25.1 Å². The van der Waals surface area contributed by atoms with Crippen molar-refractivity contribution in [1.82, 2.24) is 20.0 Å². The summed E-state index contributed by atoms with van der Waals surface area (Å²) in [7, 11) is 1.78. The van der Waals surface area contributed by atoms with Gasteiger partial charge >= 0.3 is 6.03 Å². The first-order chi connectivity index (χ1) is 8.58. The molecule has 1 aliphatic rings. The minimum Gasteiger partial charge on any atom is -0.384 e. The van der Waals surface area contributed by atoms with Gasteiger partial charge in [-0.1, -0.05) is 6.92 Å². The zero-order valence-electron chi connectivity index (χ0n) is 11.0. The molecule has 18 heavy (non-hydrogen) atoms. The Labute approximate surface area is 107 Å². The topological polar surface area (TPSA) is 76.2 Å². The van der Waals surface area contributed by atoms with Crippen molar-refractivity contribution in [1.29, 1.82) is 0 Å². The van der Waals surface area contributed by atoms with Crippen LogP contribution in [-0.4, -0.2) is 33.8 Å². The molecule has 0 saturated carbocycles. The number of nitrogens with zero attached hydrogens (tertiary/aromatic N) is 3. The molecule has 1 aliphatic heterocycles. The minimum absolute atomic E-state index is 0.00944. The molecule has 2 amide bonds. The highest BCUT2D eigenvalue weighted by Crippen LogP contribution is 2.15. The van der Waals surface area contributed by atoms with E-state index in [9.17, 15) is 4.79 Å². The van der Waals surface area contributed by atoms with Crippen molar-refractivity contribution in [3.8, 4) is 0 Å². The summed E-state index contributed by atoms with van der Waals surface area (Å²) in [6.45, 7) is 4.30. The van der Waals surface area contributed by atoms with Gasteiger partial charge in [-0.05, 0) is 18.8 Å². The molecule has 3 N–H and O–H groups in total. The Balaban J connectivity index is 1.86. The van der Waals surface area contributed by atoms with Crippen molar-refractivity contribution in [3.63, 3.8) is 0 Å². The Morgan fingerprint density at radius 1 is 1.67 bits per heavy atom. The number of carbonyl (C=O) groups excluding carboxylic acids is 1. The highest BCUT2D eigenvalue weighted by atomic mass is 16.2. The first-order valence-electron chi connectivity index (χ1n) is 6.37. The van der Waals surface area contributed by atoms with Crippen molar-refractivity contribution in [2.75, 3.05) is 18.8 Å². The number of rotatable bonds is 2. The Hall–Kier alpha value is -1.72. The Morgan fingerprint density at radius 3 is 3.06 bits per heavy atom. The molecular formula is C12H21N5O. The fourth-order valence-corrected chi connectivity index (χ4v) is 2.29. The number of carbonyl (C=O) groups is 1. The second kappa shape index (κ2) is 5.29. The lowest BCUT2D eigenvalue weighted by Crippen LogP contribution is -2.44. The molecule has 0 bridgehead atoms. The molecule has 2 heterocycles. The minimum atomic E-state index is -0.00944. The second-order valence-corrected chi connectivity index (χ2v) is 5.03. The molecule has 0 aliphatic carbocycles. The zero-order valence-corrected chi connectivity index (χ0v) is 11.0. The standard InChI is InChI=1S/C12H21N5O/c1-9-4-3-5-17(8-9)12(18)14-6-10-7-15-16(2)11(10)13/h7,9H,3-6,8,13H2,1-2H3,(H,14,18). The molecule has 100 valence electrons. The molecule has 1 aromatic rings. The molecule has 1 saturated heterocycles. The fourth-order valence-electron chi connectivity index (χ4n) is 2.29. The van der Waals surface area contributed by atoms with Crippen LogP contribution in [0.15, 0.2) is 6.20 Å². The summed E-state index contributed by atoms with van der Waals surface area (Å²) in [5.74, 6) is 1.19. The van der Waals surface area contributed by atoms with Crippen LogP contribution in [0, 0.1) is 5.92 Å². The van der Waals surface area contributed by atoms with Crippen LogP contribution in [0.3, 0.4) is 0 Å². The number of hydrogen-bond donors (Lipinski definition) is 2. The first kappa shape index (κ1) is 12.7. The van der Waals surface area contributed by atoms with Crippen molar-refractivity contribution >= 4 is 11.8 Å².